The molecule has 2 heterocycles. The van der Waals surface area contributed by atoms with Crippen molar-refractivity contribution in [2.45, 2.75) is 6.42 Å². The number of rotatable bonds is 6. The third kappa shape index (κ3) is 4.36. The highest BCUT2D eigenvalue weighted by atomic mass is 15.0. The Morgan fingerprint density at radius 1 is 0.741 bits per heavy atom. The minimum absolute atomic E-state index is 0.708. The summed E-state index contributed by atoms with van der Waals surface area (Å²) in [6, 6.07) is 26.4. The van der Waals surface area contributed by atoms with Crippen molar-refractivity contribution in [2.24, 2.45) is 0 Å². The van der Waals surface area contributed by atoms with Crippen LogP contribution in [0.4, 0.5) is 5.82 Å². The molecule has 4 aromatic rings. The normalized spacial score (nSPS) is 10.5. The number of pyridine rings is 1. The molecule has 0 saturated carbocycles. The number of aromatic nitrogens is 3. The predicted octanol–water partition coefficient (Wildman–Crippen LogP) is 4.86. The molecule has 27 heavy (non-hydrogen) atoms. The predicted molar refractivity (Wildman–Crippen MR) is 109 cm³/mol. The Bertz CT molecular complexity index is 929. The van der Waals surface area contributed by atoms with Crippen LogP contribution >= 0.6 is 0 Å². The molecule has 1 N–H and O–H groups in total. The number of nitrogens with one attached hydrogen (secondary N) is 1. The Morgan fingerprint density at radius 2 is 1.48 bits per heavy atom. The molecule has 2 aromatic heterocycles. The lowest BCUT2D eigenvalue weighted by Gasteiger charge is -2.10. The summed E-state index contributed by atoms with van der Waals surface area (Å²) in [4.78, 5) is 13.7. The zero-order valence-electron chi connectivity index (χ0n) is 14.9. The fourth-order valence-electron chi connectivity index (χ4n) is 2.90. The highest BCUT2D eigenvalue weighted by molar-refractivity contribution is 5.66. The summed E-state index contributed by atoms with van der Waals surface area (Å²) in [7, 11) is 0. The molecule has 132 valence electrons. The fraction of sp³-hybridized carbons (Fsp3) is 0.0870. The number of hydrogen-bond donors (Lipinski definition) is 1. The molecule has 0 bridgehead atoms. The van der Waals surface area contributed by atoms with Crippen molar-refractivity contribution in [2.75, 3.05) is 11.9 Å². The molecular formula is C23H20N4. The molecule has 4 rings (SSSR count). The van der Waals surface area contributed by atoms with Gasteiger partial charge in [0.15, 0.2) is 5.82 Å². The third-order valence-electron chi connectivity index (χ3n) is 4.28. The van der Waals surface area contributed by atoms with Gasteiger partial charge in [0.2, 0.25) is 0 Å². The molecule has 0 aliphatic carbocycles. The molecule has 0 fully saturated rings. The van der Waals surface area contributed by atoms with E-state index in [-0.39, 0.29) is 0 Å². The molecule has 0 radical (unpaired) electrons. The van der Waals surface area contributed by atoms with E-state index in [1.54, 1.807) is 6.20 Å². The monoisotopic (exact) mass is 352 g/mol. The van der Waals surface area contributed by atoms with E-state index < -0.39 is 0 Å². The zero-order chi connectivity index (χ0) is 18.3. The molecule has 0 spiro atoms. The van der Waals surface area contributed by atoms with Crippen LogP contribution in [0.25, 0.3) is 22.6 Å². The lowest BCUT2D eigenvalue weighted by molar-refractivity contribution is 1.00. The summed E-state index contributed by atoms with van der Waals surface area (Å²) in [6.45, 7) is 0.807. The topological polar surface area (TPSA) is 50.7 Å². The van der Waals surface area contributed by atoms with Gasteiger partial charge in [-0.15, -0.1) is 0 Å². The Morgan fingerprint density at radius 3 is 2.22 bits per heavy atom. The van der Waals surface area contributed by atoms with Crippen LogP contribution in [0, 0.1) is 0 Å². The van der Waals surface area contributed by atoms with Crippen LogP contribution in [0.1, 0.15) is 5.56 Å². The van der Waals surface area contributed by atoms with Crippen molar-refractivity contribution in [3.8, 4) is 22.6 Å². The molecule has 0 unspecified atom stereocenters. The van der Waals surface area contributed by atoms with Crippen LogP contribution in [0.2, 0.25) is 0 Å². The SMILES string of the molecule is c1ccc(CCNc2cc(-c3cccnc3)nc(-c3ccccc3)n2)cc1. The lowest BCUT2D eigenvalue weighted by Crippen LogP contribution is -2.07. The van der Waals surface area contributed by atoms with Crippen LogP contribution in [-0.4, -0.2) is 21.5 Å². The Balaban J connectivity index is 1.62. The highest BCUT2D eigenvalue weighted by Gasteiger charge is 2.08. The van der Waals surface area contributed by atoms with Crippen molar-refractivity contribution in [3.05, 3.63) is 96.8 Å². The summed E-state index contributed by atoms with van der Waals surface area (Å²) in [6.07, 6.45) is 4.53. The molecule has 0 aliphatic rings. The minimum Gasteiger partial charge on any atom is -0.370 e. The fourth-order valence-corrected chi connectivity index (χ4v) is 2.90. The van der Waals surface area contributed by atoms with Crippen LogP contribution in [0.5, 0.6) is 0 Å². The lowest BCUT2D eigenvalue weighted by atomic mass is 10.1. The minimum atomic E-state index is 0.708. The molecular weight excluding hydrogens is 332 g/mol. The van der Waals surface area contributed by atoms with E-state index in [1.807, 2.05) is 60.8 Å². The van der Waals surface area contributed by atoms with Gasteiger partial charge in [0, 0.05) is 36.1 Å². The van der Waals surface area contributed by atoms with Crippen molar-refractivity contribution < 1.29 is 0 Å². The van der Waals surface area contributed by atoms with Gasteiger partial charge in [-0.25, -0.2) is 9.97 Å². The molecule has 4 heteroatoms. The van der Waals surface area contributed by atoms with E-state index >= 15 is 0 Å². The number of anilines is 1. The van der Waals surface area contributed by atoms with Gasteiger partial charge < -0.3 is 5.32 Å². The van der Waals surface area contributed by atoms with E-state index in [4.69, 9.17) is 9.97 Å². The molecule has 0 saturated heterocycles. The second kappa shape index (κ2) is 8.23. The number of nitrogens with zero attached hydrogens (tertiary/aromatic N) is 3. The molecule has 0 atom stereocenters. The summed E-state index contributed by atoms with van der Waals surface area (Å²) >= 11 is 0. The average Bonchev–Trinajstić information content (AvgIpc) is 2.76. The van der Waals surface area contributed by atoms with Gasteiger partial charge in [-0.2, -0.15) is 0 Å². The van der Waals surface area contributed by atoms with Gasteiger partial charge in [0.05, 0.1) is 5.69 Å². The summed E-state index contributed by atoms with van der Waals surface area (Å²) in [5, 5.41) is 3.44. The van der Waals surface area contributed by atoms with Gasteiger partial charge >= 0.3 is 0 Å². The van der Waals surface area contributed by atoms with Gasteiger partial charge in [-0.1, -0.05) is 60.7 Å². The maximum absolute atomic E-state index is 4.75. The first-order valence-electron chi connectivity index (χ1n) is 9.01. The van der Waals surface area contributed by atoms with Crippen LogP contribution in [0.3, 0.4) is 0 Å². The first-order valence-corrected chi connectivity index (χ1v) is 9.01. The van der Waals surface area contributed by atoms with Crippen LogP contribution in [-0.2, 0) is 6.42 Å². The van der Waals surface area contributed by atoms with E-state index in [9.17, 15) is 0 Å². The summed E-state index contributed by atoms with van der Waals surface area (Å²) < 4.78 is 0. The Labute approximate surface area is 159 Å². The van der Waals surface area contributed by atoms with E-state index in [0.717, 1.165) is 35.6 Å². The molecule has 4 nitrogen and oxygen atoms in total. The smallest absolute Gasteiger partial charge is 0.162 e. The first-order chi connectivity index (χ1) is 13.4. The molecule has 0 aliphatic heterocycles. The van der Waals surface area contributed by atoms with Gasteiger partial charge in [0.1, 0.15) is 5.82 Å². The van der Waals surface area contributed by atoms with E-state index in [1.165, 1.54) is 5.56 Å². The standard InChI is InChI=1S/C23H20N4/c1-3-8-18(9-4-1)13-15-25-22-16-21(20-12-7-14-24-17-20)26-23(27-22)19-10-5-2-6-11-19/h1-12,14,16-17H,13,15H2,(H,25,26,27). The molecule has 2 aromatic carbocycles. The van der Waals surface area contributed by atoms with E-state index in [2.05, 4.69) is 34.6 Å². The quantitative estimate of drug-likeness (QED) is 0.538. The average molecular weight is 352 g/mol. The third-order valence-corrected chi connectivity index (χ3v) is 4.28. The number of benzene rings is 2. The van der Waals surface area contributed by atoms with Crippen molar-refractivity contribution in [3.63, 3.8) is 0 Å². The van der Waals surface area contributed by atoms with Gasteiger partial charge in [-0.05, 0) is 24.1 Å². The largest absolute Gasteiger partial charge is 0.370 e. The Kier molecular flexibility index (Phi) is 5.16. The highest BCUT2D eigenvalue weighted by Crippen LogP contribution is 2.23. The summed E-state index contributed by atoms with van der Waals surface area (Å²) in [5.74, 6) is 1.53. The van der Waals surface area contributed by atoms with Gasteiger partial charge in [-0.3, -0.25) is 4.98 Å². The molecule has 0 amide bonds. The maximum atomic E-state index is 4.75. The van der Waals surface area contributed by atoms with Crippen molar-refractivity contribution in [1.29, 1.82) is 0 Å². The van der Waals surface area contributed by atoms with Crippen molar-refractivity contribution in [1.82, 2.24) is 15.0 Å². The summed E-state index contributed by atoms with van der Waals surface area (Å²) in [5.41, 5.74) is 4.13. The second-order valence-electron chi connectivity index (χ2n) is 6.23. The maximum Gasteiger partial charge on any atom is 0.162 e. The van der Waals surface area contributed by atoms with Crippen molar-refractivity contribution >= 4 is 5.82 Å². The second-order valence-corrected chi connectivity index (χ2v) is 6.23. The van der Waals surface area contributed by atoms with E-state index in [0.29, 0.717) is 5.82 Å². The van der Waals surface area contributed by atoms with Crippen LogP contribution in [0.15, 0.2) is 91.3 Å². The van der Waals surface area contributed by atoms with Crippen LogP contribution < -0.4 is 5.32 Å². The Hall–Kier alpha value is -3.53. The first kappa shape index (κ1) is 16.9. The number of hydrogen-bond acceptors (Lipinski definition) is 4. The zero-order valence-corrected chi connectivity index (χ0v) is 14.9. The van der Waals surface area contributed by atoms with Gasteiger partial charge in [0.25, 0.3) is 0 Å².